The predicted octanol–water partition coefficient (Wildman–Crippen LogP) is 1.94. The second kappa shape index (κ2) is 9.25. The van der Waals surface area contributed by atoms with E-state index in [9.17, 15) is 13.2 Å². The highest BCUT2D eigenvalue weighted by atomic mass is 32.2. The molecule has 9 heteroatoms. The summed E-state index contributed by atoms with van der Waals surface area (Å²) in [6.07, 6.45) is 1.39. The molecule has 1 fully saturated rings. The van der Waals surface area contributed by atoms with Crippen LogP contribution in [0, 0.1) is 0 Å². The van der Waals surface area contributed by atoms with Crippen molar-refractivity contribution < 1.29 is 13.2 Å². The molecule has 1 aliphatic heterocycles. The van der Waals surface area contributed by atoms with E-state index in [0.717, 1.165) is 5.56 Å². The van der Waals surface area contributed by atoms with Gasteiger partial charge in [-0.2, -0.15) is 4.31 Å². The molecule has 1 aromatic carbocycles. The largest absolute Gasteiger partial charge is 0.348 e. The first-order valence-electron chi connectivity index (χ1n) is 9.36. The van der Waals surface area contributed by atoms with Crippen molar-refractivity contribution in [2.75, 3.05) is 47.3 Å². The standard InChI is InChI=1S/C20H26N4O3S2/c1-22(2)20(25)19(16-7-5-4-6-8-16)28-18-10-9-17(15-21-18)29(26,27)24-13-11-23(3)12-14-24/h4-10,15,19H,11-14H2,1-3H3/t19-/m0/s1. The predicted molar refractivity (Wildman–Crippen MR) is 114 cm³/mol. The average molecular weight is 435 g/mol. The second-order valence-electron chi connectivity index (χ2n) is 7.18. The summed E-state index contributed by atoms with van der Waals surface area (Å²) in [6, 6.07) is 12.8. The summed E-state index contributed by atoms with van der Waals surface area (Å²) in [6.45, 7) is 2.38. The van der Waals surface area contributed by atoms with Crippen molar-refractivity contribution in [1.29, 1.82) is 0 Å². The maximum Gasteiger partial charge on any atom is 0.244 e. The lowest BCUT2D eigenvalue weighted by Gasteiger charge is -2.31. The lowest BCUT2D eigenvalue weighted by Crippen LogP contribution is -2.47. The summed E-state index contributed by atoms with van der Waals surface area (Å²) in [5.41, 5.74) is 0.882. The fraction of sp³-hybridized carbons (Fsp3) is 0.400. The Kier molecular flexibility index (Phi) is 6.94. The maximum absolute atomic E-state index is 12.8. The number of pyridine rings is 1. The highest BCUT2D eigenvalue weighted by Gasteiger charge is 2.28. The van der Waals surface area contributed by atoms with Gasteiger partial charge in [-0.15, -0.1) is 0 Å². The van der Waals surface area contributed by atoms with Gasteiger partial charge in [-0.05, 0) is 24.7 Å². The Morgan fingerprint density at radius 2 is 1.72 bits per heavy atom. The van der Waals surface area contributed by atoms with Crippen molar-refractivity contribution in [2.45, 2.75) is 15.2 Å². The van der Waals surface area contributed by atoms with Gasteiger partial charge in [0.15, 0.2) is 0 Å². The highest BCUT2D eigenvalue weighted by molar-refractivity contribution is 8.00. The molecule has 0 aliphatic carbocycles. The topological polar surface area (TPSA) is 73.8 Å². The Bertz CT molecular complexity index is 926. The van der Waals surface area contributed by atoms with E-state index < -0.39 is 15.3 Å². The molecule has 1 atom stereocenters. The Balaban J connectivity index is 1.79. The first-order valence-corrected chi connectivity index (χ1v) is 11.7. The lowest BCUT2D eigenvalue weighted by molar-refractivity contribution is -0.128. The van der Waals surface area contributed by atoms with Gasteiger partial charge in [-0.25, -0.2) is 13.4 Å². The van der Waals surface area contributed by atoms with Gasteiger partial charge in [-0.1, -0.05) is 42.1 Å². The zero-order chi connectivity index (χ0) is 21.0. The number of carbonyl (C=O) groups is 1. The molecular weight excluding hydrogens is 408 g/mol. The number of sulfonamides is 1. The number of thioether (sulfide) groups is 1. The van der Waals surface area contributed by atoms with Crippen molar-refractivity contribution in [3.8, 4) is 0 Å². The lowest BCUT2D eigenvalue weighted by atomic mass is 10.1. The van der Waals surface area contributed by atoms with E-state index in [2.05, 4.69) is 9.88 Å². The molecule has 2 aromatic rings. The van der Waals surface area contributed by atoms with Crippen LogP contribution in [-0.2, 0) is 14.8 Å². The van der Waals surface area contributed by atoms with Gasteiger partial charge in [-0.3, -0.25) is 4.79 Å². The Morgan fingerprint density at radius 1 is 1.07 bits per heavy atom. The van der Waals surface area contributed by atoms with Gasteiger partial charge in [0, 0.05) is 46.5 Å². The van der Waals surface area contributed by atoms with Crippen LogP contribution >= 0.6 is 11.8 Å². The number of hydrogen-bond donors (Lipinski definition) is 0. The molecule has 156 valence electrons. The fourth-order valence-corrected chi connectivity index (χ4v) is 5.49. The molecule has 29 heavy (non-hydrogen) atoms. The molecular formula is C20H26N4O3S2. The molecule has 0 spiro atoms. The first kappa shape index (κ1) is 21.8. The smallest absolute Gasteiger partial charge is 0.244 e. The van der Waals surface area contributed by atoms with E-state index in [0.29, 0.717) is 31.2 Å². The highest BCUT2D eigenvalue weighted by Crippen LogP contribution is 2.35. The third-order valence-corrected chi connectivity index (χ3v) is 7.89. The van der Waals surface area contributed by atoms with Crippen LogP contribution in [0.3, 0.4) is 0 Å². The number of carbonyl (C=O) groups excluding carboxylic acids is 1. The number of likely N-dealkylation sites (N-methyl/N-ethyl adjacent to an activating group) is 2. The minimum atomic E-state index is -3.55. The maximum atomic E-state index is 12.8. The van der Waals surface area contributed by atoms with Crippen LogP contribution in [0.2, 0.25) is 0 Å². The van der Waals surface area contributed by atoms with Crippen molar-refractivity contribution in [2.24, 2.45) is 0 Å². The van der Waals surface area contributed by atoms with Crippen LogP contribution in [-0.4, -0.2) is 80.7 Å². The second-order valence-corrected chi connectivity index (χ2v) is 10.2. The quantitative estimate of drug-likeness (QED) is 0.647. The summed E-state index contributed by atoms with van der Waals surface area (Å²) in [5.74, 6) is -0.0443. The minimum Gasteiger partial charge on any atom is -0.348 e. The van der Waals surface area contributed by atoms with Crippen LogP contribution in [0.25, 0.3) is 0 Å². The molecule has 1 aromatic heterocycles. The summed E-state index contributed by atoms with van der Waals surface area (Å²) in [7, 11) is 1.87. The number of benzene rings is 1. The fourth-order valence-electron chi connectivity index (χ4n) is 3.01. The van der Waals surface area contributed by atoms with Crippen molar-refractivity contribution in [3.63, 3.8) is 0 Å². The third-order valence-electron chi connectivity index (χ3n) is 4.82. The molecule has 0 unspecified atom stereocenters. The number of aromatic nitrogens is 1. The van der Waals surface area contributed by atoms with Crippen molar-refractivity contribution in [3.05, 3.63) is 54.2 Å². The van der Waals surface area contributed by atoms with Gasteiger partial charge in [0.05, 0.1) is 5.03 Å². The van der Waals surface area contributed by atoms with Crippen LogP contribution in [0.15, 0.2) is 58.6 Å². The van der Waals surface area contributed by atoms with E-state index in [4.69, 9.17) is 0 Å². The van der Waals surface area contributed by atoms with E-state index in [1.165, 1.54) is 22.3 Å². The van der Waals surface area contributed by atoms with Crippen LogP contribution < -0.4 is 0 Å². The average Bonchev–Trinajstić information content (AvgIpc) is 2.73. The molecule has 1 amide bonds. The van der Waals surface area contributed by atoms with Gasteiger partial charge >= 0.3 is 0 Å². The summed E-state index contributed by atoms with van der Waals surface area (Å²) >= 11 is 1.32. The Labute approximate surface area is 176 Å². The van der Waals surface area contributed by atoms with Crippen LogP contribution in [0.1, 0.15) is 10.8 Å². The Morgan fingerprint density at radius 3 is 2.28 bits per heavy atom. The number of rotatable bonds is 6. The third kappa shape index (κ3) is 5.16. The Hall–Kier alpha value is -1.94. The number of hydrogen-bond acceptors (Lipinski definition) is 6. The normalized spacial score (nSPS) is 17.1. The zero-order valence-electron chi connectivity index (χ0n) is 16.9. The molecule has 1 aliphatic rings. The van der Waals surface area contributed by atoms with E-state index in [1.807, 2.05) is 37.4 Å². The molecule has 0 bridgehead atoms. The molecule has 7 nitrogen and oxygen atoms in total. The monoisotopic (exact) mass is 434 g/mol. The summed E-state index contributed by atoms with van der Waals surface area (Å²) in [5, 5.41) is 0.158. The number of nitrogens with zero attached hydrogens (tertiary/aromatic N) is 4. The van der Waals surface area contributed by atoms with E-state index in [1.54, 1.807) is 31.1 Å². The molecule has 2 heterocycles. The van der Waals surface area contributed by atoms with Gasteiger partial charge in [0.1, 0.15) is 10.1 Å². The summed E-state index contributed by atoms with van der Waals surface area (Å²) in [4.78, 5) is 20.9. The van der Waals surface area contributed by atoms with Gasteiger partial charge in [0.25, 0.3) is 0 Å². The van der Waals surface area contributed by atoms with Crippen LogP contribution in [0.4, 0.5) is 0 Å². The molecule has 0 N–H and O–H groups in total. The molecule has 1 saturated heterocycles. The zero-order valence-corrected chi connectivity index (χ0v) is 18.5. The molecule has 0 saturated carbocycles. The van der Waals surface area contributed by atoms with Crippen LogP contribution in [0.5, 0.6) is 0 Å². The first-order chi connectivity index (χ1) is 13.8. The minimum absolute atomic E-state index is 0.0443. The molecule has 3 rings (SSSR count). The van der Waals surface area contributed by atoms with E-state index >= 15 is 0 Å². The van der Waals surface area contributed by atoms with E-state index in [-0.39, 0.29) is 10.8 Å². The van der Waals surface area contributed by atoms with Crippen molar-refractivity contribution >= 4 is 27.7 Å². The summed E-state index contributed by atoms with van der Waals surface area (Å²) < 4.78 is 27.2. The van der Waals surface area contributed by atoms with Gasteiger partial charge in [0.2, 0.25) is 15.9 Å². The van der Waals surface area contributed by atoms with Crippen molar-refractivity contribution in [1.82, 2.24) is 19.1 Å². The molecule has 0 radical (unpaired) electrons. The number of piperazine rings is 1. The SMILES string of the molecule is CN1CCN(S(=O)(=O)c2ccc(S[C@H](C(=O)N(C)C)c3ccccc3)nc2)CC1. The number of amides is 1. The van der Waals surface area contributed by atoms with Gasteiger partial charge < -0.3 is 9.80 Å².